The van der Waals surface area contributed by atoms with Crippen molar-refractivity contribution in [3.63, 3.8) is 0 Å². The van der Waals surface area contributed by atoms with Gasteiger partial charge in [0.1, 0.15) is 6.61 Å². The number of hydrogen-bond donors (Lipinski definition) is 1. The number of nitro groups is 1. The Morgan fingerprint density at radius 2 is 2.33 bits per heavy atom. The van der Waals surface area contributed by atoms with E-state index in [1.807, 2.05) is 0 Å². The van der Waals surface area contributed by atoms with Gasteiger partial charge in [0.2, 0.25) is 6.04 Å². The zero-order valence-electron chi connectivity index (χ0n) is 6.73. The van der Waals surface area contributed by atoms with Crippen LogP contribution in [0.3, 0.4) is 0 Å². The Morgan fingerprint density at radius 1 is 1.75 bits per heavy atom. The molecule has 6 nitrogen and oxygen atoms in total. The summed E-state index contributed by atoms with van der Waals surface area (Å²) in [5, 5.41) is 18.6. The molecule has 1 atom stereocenters. The summed E-state index contributed by atoms with van der Waals surface area (Å²) in [5.74, 6) is -0.477. The highest BCUT2D eigenvalue weighted by molar-refractivity contribution is 5.65. The normalized spacial score (nSPS) is 12.2. The van der Waals surface area contributed by atoms with Crippen molar-refractivity contribution < 1.29 is 19.6 Å². The number of aliphatic hydroxyl groups is 1. The summed E-state index contributed by atoms with van der Waals surface area (Å²) in [5.41, 5.74) is 0. The van der Waals surface area contributed by atoms with Crippen molar-refractivity contribution in [2.45, 2.75) is 19.4 Å². The maximum Gasteiger partial charge on any atom is 0.302 e. The number of ether oxygens (including phenoxy) is 1. The third-order valence-corrected chi connectivity index (χ3v) is 1.27. The number of rotatable bonds is 5. The van der Waals surface area contributed by atoms with Gasteiger partial charge in [0.05, 0.1) is 13.0 Å². The lowest BCUT2D eigenvalue weighted by molar-refractivity contribution is -0.527. The molecule has 0 saturated carbocycles. The van der Waals surface area contributed by atoms with Gasteiger partial charge in [-0.1, -0.05) is 0 Å². The molecule has 0 aromatic carbocycles. The minimum absolute atomic E-state index is 0.0263. The van der Waals surface area contributed by atoms with E-state index in [0.29, 0.717) is 0 Å². The van der Waals surface area contributed by atoms with E-state index in [9.17, 15) is 14.9 Å². The van der Waals surface area contributed by atoms with Crippen LogP contribution in [0.15, 0.2) is 0 Å². The largest absolute Gasteiger partial charge is 0.466 e. The number of nitrogens with zero attached hydrogens (tertiary/aromatic N) is 1. The summed E-state index contributed by atoms with van der Waals surface area (Å²) in [7, 11) is 0. The molecule has 0 heterocycles. The highest BCUT2D eigenvalue weighted by Crippen LogP contribution is 1.96. The van der Waals surface area contributed by atoms with Crippen molar-refractivity contribution in [1.29, 1.82) is 0 Å². The van der Waals surface area contributed by atoms with Crippen LogP contribution in [0.1, 0.15) is 13.3 Å². The van der Waals surface area contributed by atoms with E-state index >= 15 is 0 Å². The number of aliphatic hydroxyl groups excluding tert-OH is 1. The van der Waals surface area contributed by atoms with E-state index in [-0.39, 0.29) is 13.0 Å². The Morgan fingerprint density at radius 3 is 2.67 bits per heavy atom. The lowest BCUT2D eigenvalue weighted by Gasteiger charge is -2.05. The van der Waals surface area contributed by atoms with Gasteiger partial charge in [-0.25, -0.2) is 0 Å². The first kappa shape index (κ1) is 10.8. The van der Waals surface area contributed by atoms with Crippen LogP contribution in [-0.2, 0) is 9.53 Å². The topological polar surface area (TPSA) is 89.7 Å². The second-order valence-corrected chi connectivity index (χ2v) is 2.25. The quantitative estimate of drug-likeness (QED) is 0.350. The molecule has 0 aliphatic rings. The Balaban J connectivity index is 3.59. The fraction of sp³-hybridized carbons (Fsp3) is 0.833. The predicted molar refractivity (Wildman–Crippen MR) is 39.1 cm³/mol. The van der Waals surface area contributed by atoms with E-state index in [1.54, 1.807) is 0 Å². The van der Waals surface area contributed by atoms with Gasteiger partial charge in [-0.05, 0) is 0 Å². The van der Waals surface area contributed by atoms with Crippen molar-refractivity contribution in [1.82, 2.24) is 0 Å². The predicted octanol–water partition coefficient (Wildman–Crippen LogP) is -0.423. The first-order valence-electron chi connectivity index (χ1n) is 3.45. The lowest BCUT2D eigenvalue weighted by Crippen LogP contribution is -2.25. The standard InChI is InChI=1S/C6H11NO5/c1-5(9)12-3-2-6(4-8)7(10)11/h6,8H,2-4H2,1H3. The fourth-order valence-electron chi connectivity index (χ4n) is 0.602. The summed E-state index contributed by atoms with van der Waals surface area (Å²) in [4.78, 5) is 19.7. The van der Waals surface area contributed by atoms with E-state index < -0.39 is 23.5 Å². The van der Waals surface area contributed by atoms with E-state index in [4.69, 9.17) is 5.11 Å². The molecule has 0 aliphatic carbocycles. The smallest absolute Gasteiger partial charge is 0.302 e. The second kappa shape index (κ2) is 5.48. The highest BCUT2D eigenvalue weighted by Gasteiger charge is 2.18. The molecule has 0 saturated heterocycles. The third-order valence-electron chi connectivity index (χ3n) is 1.27. The van der Waals surface area contributed by atoms with Crippen molar-refractivity contribution in [3.05, 3.63) is 10.1 Å². The fourth-order valence-corrected chi connectivity index (χ4v) is 0.602. The Hall–Kier alpha value is -1.17. The van der Waals surface area contributed by atoms with Gasteiger partial charge in [0.15, 0.2) is 0 Å². The molecule has 0 radical (unpaired) electrons. The van der Waals surface area contributed by atoms with Crippen molar-refractivity contribution in [3.8, 4) is 0 Å². The van der Waals surface area contributed by atoms with Crippen LogP contribution in [0.5, 0.6) is 0 Å². The minimum atomic E-state index is -1.04. The van der Waals surface area contributed by atoms with Gasteiger partial charge in [-0.3, -0.25) is 14.9 Å². The summed E-state index contributed by atoms with van der Waals surface area (Å²) < 4.78 is 4.47. The SMILES string of the molecule is CC(=O)OCCC(CO)[N+](=O)[O-]. The maximum atomic E-state index is 10.2. The molecule has 0 fully saturated rings. The molecule has 0 spiro atoms. The number of carbonyl (C=O) groups excluding carboxylic acids is 1. The minimum Gasteiger partial charge on any atom is -0.466 e. The zero-order valence-corrected chi connectivity index (χ0v) is 6.73. The summed E-state index contributed by atoms with van der Waals surface area (Å²) in [6.45, 7) is 0.663. The summed E-state index contributed by atoms with van der Waals surface area (Å²) in [6.07, 6.45) is 0.0447. The van der Waals surface area contributed by atoms with Crippen LogP contribution in [0.4, 0.5) is 0 Å². The second-order valence-electron chi connectivity index (χ2n) is 2.25. The lowest BCUT2D eigenvalue weighted by atomic mass is 10.2. The van der Waals surface area contributed by atoms with Crippen molar-refractivity contribution in [2.75, 3.05) is 13.2 Å². The first-order chi connectivity index (χ1) is 5.57. The maximum absolute atomic E-state index is 10.2. The van der Waals surface area contributed by atoms with Crippen molar-refractivity contribution >= 4 is 5.97 Å². The average Bonchev–Trinajstić information content (AvgIpc) is 1.96. The molecule has 70 valence electrons. The van der Waals surface area contributed by atoms with Gasteiger partial charge >= 0.3 is 5.97 Å². The van der Waals surface area contributed by atoms with Gasteiger partial charge in [-0.15, -0.1) is 0 Å². The summed E-state index contributed by atoms with van der Waals surface area (Å²) in [6, 6.07) is -1.04. The molecule has 0 aromatic rings. The molecule has 0 rings (SSSR count). The molecule has 6 heteroatoms. The van der Waals surface area contributed by atoms with Crippen LogP contribution in [0.25, 0.3) is 0 Å². The van der Waals surface area contributed by atoms with Gasteiger partial charge in [0.25, 0.3) is 0 Å². The molecule has 0 aromatic heterocycles. The first-order valence-corrected chi connectivity index (χ1v) is 3.45. The van der Waals surface area contributed by atoms with Gasteiger partial charge < -0.3 is 9.84 Å². The molecule has 12 heavy (non-hydrogen) atoms. The summed E-state index contributed by atoms with van der Waals surface area (Å²) >= 11 is 0. The Kier molecular flexibility index (Phi) is 4.94. The van der Waals surface area contributed by atoms with E-state index in [1.165, 1.54) is 6.92 Å². The van der Waals surface area contributed by atoms with Crippen molar-refractivity contribution in [2.24, 2.45) is 0 Å². The van der Waals surface area contributed by atoms with E-state index in [0.717, 1.165) is 0 Å². The van der Waals surface area contributed by atoms with E-state index in [2.05, 4.69) is 4.74 Å². The molecule has 0 aliphatic heterocycles. The average molecular weight is 177 g/mol. The highest BCUT2D eigenvalue weighted by atomic mass is 16.6. The van der Waals surface area contributed by atoms with Crippen LogP contribution in [0.2, 0.25) is 0 Å². The molecule has 1 N–H and O–H groups in total. The van der Waals surface area contributed by atoms with Crippen LogP contribution >= 0.6 is 0 Å². The Bertz CT molecular complexity index is 169. The van der Waals surface area contributed by atoms with Gasteiger partial charge in [-0.2, -0.15) is 0 Å². The number of hydrogen-bond acceptors (Lipinski definition) is 5. The van der Waals surface area contributed by atoms with Crippen LogP contribution in [-0.4, -0.2) is 35.3 Å². The number of esters is 1. The van der Waals surface area contributed by atoms with Crippen LogP contribution in [0, 0.1) is 10.1 Å². The monoisotopic (exact) mass is 177 g/mol. The van der Waals surface area contributed by atoms with Crippen LogP contribution < -0.4 is 0 Å². The molecule has 0 bridgehead atoms. The Labute approximate surface area is 69.3 Å². The number of carbonyl (C=O) groups is 1. The molecule has 0 amide bonds. The molecule has 1 unspecified atom stereocenters. The molecular formula is C6H11NO5. The third kappa shape index (κ3) is 4.62. The van der Waals surface area contributed by atoms with Gasteiger partial charge in [0, 0.05) is 11.8 Å². The zero-order chi connectivity index (χ0) is 9.56. The molecular weight excluding hydrogens is 166 g/mol.